The normalized spacial score (nSPS) is 11.1. The van der Waals surface area contributed by atoms with Gasteiger partial charge in [-0.15, -0.1) is 5.11 Å². The van der Waals surface area contributed by atoms with Gasteiger partial charge in [0.15, 0.2) is 5.78 Å². The zero-order chi connectivity index (χ0) is 20.1. The zero-order valence-corrected chi connectivity index (χ0v) is 15.3. The number of carbonyl (C=O) groups is 1. The lowest BCUT2D eigenvalue weighted by atomic mass is 9.98. The van der Waals surface area contributed by atoms with Crippen LogP contribution in [0.1, 0.15) is 27.0 Å². The summed E-state index contributed by atoms with van der Waals surface area (Å²) in [5.41, 5.74) is 2.89. The highest BCUT2D eigenvalue weighted by Crippen LogP contribution is 2.36. The molecule has 0 fully saturated rings. The summed E-state index contributed by atoms with van der Waals surface area (Å²) in [6.45, 7) is 1.88. The number of hydrogen-bond acceptors (Lipinski definition) is 6. The van der Waals surface area contributed by atoms with Gasteiger partial charge in [0.25, 0.3) is 0 Å². The Hall–Kier alpha value is -3.51. The van der Waals surface area contributed by atoms with Gasteiger partial charge in [-0.05, 0) is 42.7 Å². The van der Waals surface area contributed by atoms with Crippen LogP contribution < -0.4 is 0 Å². The molecule has 142 valence electrons. The van der Waals surface area contributed by atoms with Gasteiger partial charge in [0.05, 0.1) is 11.3 Å². The summed E-state index contributed by atoms with van der Waals surface area (Å²) in [5, 5.41) is 37.2. The van der Waals surface area contributed by atoms with Crippen LogP contribution in [0.4, 0.5) is 11.4 Å². The van der Waals surface area contributed by atoms with E-state index >= 15 is 0 Å². The van der Waals surface area contributed by atoms with Crippen molar-refractivity contribution in [3.05, 3.63) is 82.9 Å². The number of carbonyl (C=O) groups excluding carboxylic acids is 1. The highest BCUT2D eigenvalue weighted by molar-refractivity contribution is 6.12. The first-order valence-electron chi connectivity index (χ1n) is 8.77. The van der Waals surface area contributed by atoms with Crippen molar-refractivity contribution in [2.45, 2.75) is 13.3 Å². The lowest BCUT2D eigenvalue weighted by Gasteiger charge is -2.08. The number of nitrogens with zero attached hydrogens (tertiary/aromatic N) is 2. The molecule has 0 bridgehead atoms. The van der Waals surface area contributed by atoms with Gasteiger partial charge in [-0.25, -0.2) is 0 Å². The maximum Gasteiger partial charge on any atom is 0.197 e. The molecule has 3 aromatic rings. The molecule has 6 nitrogen and oxygen atoms in total. The monoisotopic (exact) mass is 376 g/mol. The minimum Gasteiger partial charge on any atom is -0.507 e. The smallest absolute Gasteiger partial charge is 0.197 e. The summed E-state index contributed by atoms with van der Waals surface area (Å²) >= 11 is 0. The number of aliphatic hydroxyl groups is 1. The molecular formula is C22H20N2O4. The first-order chi connectivity index (χ1) is 13.5. The largest absolute Gasteiger partial charge is 0.507 e. The molecule has 3 rings (SSSR count). The number of aryl methyl sites for hydroxylation is 1. The number of aromatic hydroxyl groups is 2. The first-order valence-corrected chi connectivity index (χ1v) is 8.77. The molecule has 0 amide bonds. The minimum absolute atomic E-state index is 0.0411. The van der Waals surface area contributed by atoms with E-state index in [4.69, 9.17) is 5.11 Å². The van der Waals surface area contributed by atoms with E-state index in [-0.39, 0.29) is 35.1 Å². The van der Waals surface area contributed by atoms with E-state index in [2.05, 4.69) is 10.2 Å². The summed E-state index contributed by atoms with van der Waals surface area (Å²) < 4.78 is 0. The Labute approximate surface area is 162 Å². The van der Waals surface area contributed by atoms with Crippen LogP contribution in [0.3, 0.4) is 0 Å². The summed E-state index contributed by atoms with van der Waals surface area (Å²) in [6, 6.07) is 16.6. The molecule has 0 atom stereocenters. The number of aliphatic hydroxyl groups excluding tert-OH is 1. The lowest BCUT2D eigenvalue weighted by molar-refractivity contribution is 0.103. The van der Waals surface area contributed by atoms with E-state index < -0.39 is 0 Å². The van der Waals surface area contributed by atoms with Crippen LogP contribution >= 0.6 is 0 Å². The number of azo groups is 1. The highest BCUT2D eigenvalue weighted by Gasteiger charge is 2.18. The van der Waals surface area contributed by atoms with Crippen molar-refractivity contribution >= 4 is 17.2 Å². The molecule has 0 saturated carbocycles. The van der Waals surface area contributed by atoms with Gasteiger partial charge >= 0.3 is 0 Å². The van der Waals surface area contributed by atoms with E-state index in [1.54, 1.807) is 24.3 Å². The van der Waals surface area contributed by atoms with Crippen LogP contribution in [0.15, 0.2) is 70.9 Å². The molecule has 0 aliphatic heterocycles. The molecule has 0 aliphatic carbocycles. The molecule has 0 aromatic heterocycles. The molecule has 0 heterocycles. The van der Waals surface area contributed by atoms with Gasteiger partial charge in [0.2, 0.25) is 0 Å². The van der Waals surface area contributed by atoms with Crippen molar-refractivity contribution in [2.24, 2.45) is 10.2 Å². The third-order valence-corrected chi connectivity index (χ3v) is 4.34. The van der Waals surface area contributed by atoms with Crippen molar-refractivity contribution in [3.63, 3.8) is 0 Å². The van der Waals surface area contributed by atoms with Crippen LogP contribution in [0.25, 0.3) is 0 Å². The molecule has 0 aliphatic rings. The number of phenolic OH excluding ortho intramolecular Hbond substituents is 2. The minimum atomic E-state index is -0.361. The zero-order valence-electron chi connectivity index (χ0n) is 15.3. The van der Waals surface area contributed by atoms with E-state index in [0.717, 1.165) is 17.2 Å². The van der Waals surface area contributed by atoms with Gasteiger partial charge in [0.1, 0.15) is 17.2 Å². The second-order valence-corrected chi connectivity index (χ2v) is 6.34. The fraction of sp³-hybridized carbons (Fsp3) is 0.136. The lowest BCUT2D eigenvalue weighted by Crippen LogP contribution is -2.03. The Balaban J connectivity index is 1.91. The molecule has 3 N–H and O–H groups in total. The Morgan fingerprint density at radius 1 is 0.893 bits per heavy atom. The van der Waals surface area contributed by atoms with Gasteiger partial charge in [-0.1, -0.05) is 36.4 Å². The first kappa shape index (κ1) is 19.3. The number of rotatable bonds is 6. The molecule has 3 aromatic carbocycles. The second kappa shape index (κ2) is 8.45. The second-order valence-electron chi connectivity index (χ2n) is 6.34. The Morgan fingerprint density at radius 2 is 1.61 bits per heavy atom. The van der Waals surface area contributed by atoms with Crippen molar-refractivity contribution in [3.8, 4) is 11.5 Å². The molecule has 28 heavy (non-hydrogen) atoms. The van der Waals surface area contributed by atoms with Crippen molar-refractivity contribution in [1.29, 1.82) is 0 Å². The van der Waals surface area contributed by atoms with Gasteiger partial charge in [-0.2, -0.15) is 5.11 Å². The van der Waals surface area contributed by atoms with Crippen LogP contribution in [0.5, 0.6) is 11.5 Å². The van der Waals surface area contributed by atoms with Gasteiger partial charge in [-0.3, -0.25) is 4.79 Å². The van der Waals surface area contributed by atoms with Crippen molar-refractivity contribution < 1.29 is 20.1 Å². The Morgan fingerprint density at radius 3 is 2.29 bits per heavy atom. The SMILES string of the molecule is Cc1ccccc1C(=O)c1cc(/N=N/c2ccc(CCO)cc2)c(O)cc1O. The number of phenols is 2. The number of ketones is 1. The molecule has 0 spiro atoms. The predicted molar refractivity (Wildman–Crippen MR) is 106 cm³/mol. The summed E-state index contributed by atoms with van der Waals surface area (Å²) in [7, 11) is 0. The fourth-order valence-electron chi connectivity index (χ4n) is 2.77. The highest BCUT2D eigenvalue weighted by atomic mass is 16.3. The third kappa shape index (κ3) is 4.24. The van der Waals surface area contributed by atoms with Crippen LogP contribution in [-0.4, -0.2) is 27.7 Å². The number of hydrogen-bond donors (Lipinski definition) is 3. The van der Waals surface area contributed by atoms with Crippen molar-refractivity contribution in [2.75, 3.05) is 6.61 Å². The molecule has 0 radical (unpaired) electrons. The fourth-order valence-corrected chi connectivity index (χ4v) is 2.77. The van der Waals surface area contributed by atoms with E-state index in [0.29, 0.717) is 17.7 Å². The Kier molecular flexibility index (Phi) is 5.81. The van der Waals surface area contributed by atoms with Crippen LogP contribution in [0, 0.1) is 6.92 Å². The molecule has 0 unspecified atom stereocenters. The number of benzene rings is 3. The molecule has 0 saturated heterocycles. The quantitative estimate of drug-likeness (QED) is 0.432. The van der Waals surface area contributed by atoms with Gasteiger partial charge < -0.3 is 15.3 Å². The maximum absolute atomic E-state index is 12.8. The average molecular weight is 376 g/mol. The average Bonchev–Trinajstić information content (AvgIpc) is 2.68. The molecular weight excluding hydrogens is 356 g/mol. The van der Waals surface area contributed by atoms with Crippen molar-refractivity contribution in [1.82, 2.24) is 0 Å². The summed E-state index contributed by atoms with van der Waals surface area (Å²) in [5.74, 6) is -0.960. The third-order valence-electron chi connectivity index (χ3n) is 4.34. The van der Waals surface area contributed by atoms with E-state index in [9.17, 15) is 15.0 Å². The maximum atomic E-state index is 12.8. The van der Waals surface area contributed by atoms with Crippen LogP contribution in [0.2, 0.25) is 0 Å². The standard InChI is InChI=1S/C22H20N2O4/c1-14-4-2-3-5-17(14)22(28)18-12-19(21(27)13-20(18)26)24-23-16-8-6-15(7-9-16)10-11-25/h2-9,12-13,25-27H,10-11H2,1H3/b24-23+. The Bertz CT molecular complexity index is 1030. The van der Waals surface area contributed by atoms with Gasteiger partial charge in [0, 0.05) is 18.2 Å². The molecule has 6 heteroatoms. The van der Waals surface area contributed by atoms with E-state index in [1.165, 1.54) is 6.07 Å². The van der Waals surface area contributed by atoms with E-state index in [1.807, 2.05) is 31.2 Å². The summed E-state index contributed by atoms with van der Waals surface area (Å²) in [4.78, 5) is 12.8. The van der Waals surface area contributed by atoms with Crippen LogP contribution in [-0.2, 0) is 6.42 Å². The predicted octanol–water partition coefficient (Wildman–Crippen LogP) is 4.59. The topological polar surface area (TPSA) is 102 Å². The summed E-state index contributed by atoms with van der Waals surface area (Å²) in [6.07, 6.45) is 0.556.